The second-order valence-corrected chi connectivity index (χ2v) is 5.56. The number of carbonyl (C=O) groups is 1. The third-order valence-corrected chi connectivity index (χ3v) is 3.94. The zero-order valence-electron chi connectivity index (χ0n) is 11.8. The fourth-order valence-electron chi connectivity index (χ4n) is 2.57. The molecule has 0 bridgehead atoms. The summed E-state index contributed by atoms with van der Waals surface area (Å²) in [6.45, 7) is 6.00. The molecule has 0 spiro atoms. The van der Waals surface area contributed by atoms with Crippen LogP contribution in [0.2, 0.25) is 0 Å². The van der Waals surface area contributed by atoms with Crippen molar-refractivity contribution < 1.29 is 9.53 Å². The lowest BCUT2D eigenvalue weighted by atomic mass is 9.90. The maximum atomic E-state index is 11.4. The highest BCUT2D eigenvalue weighted by Gasteiger charge is 2.29. The number of amides is 1. The second-order valence-electron chi connectivity index (χ2n) is 5.56. The molecule has 0 heterocycles. The Morgan fingerprint density at radius 3 is 2.61 bits per heavy atom. The number of likely N-dealkylation sites (N-methyl/N-ethyl adjacent to an activating group) is 1. The van der Waals surface area contributed by atoms with E-state index < -0.39 is 5.54 Å². The van der Waals surface area contributed by atoms with Crippen molar-refractivity contribution in [3.63, 3.8) is 0 Å². The topological polar surface area (TPSA) is 64.3 Å². The van der Waals surface area contributed by atoms with Gasteiger partial charge >= 0.3 is 0 Å². The van der Waals surface area contributed by atoms with Crippen molar-refractivity contribution in [2.24, 2.45) is 11.7 Å². The predicted octanol–water partition coefficient (Wildman–Crippen LogP) is 1.83. The van der Waals surface area contributed by atoms with Crippen LogP contribution in [0.15, 0.2) is 0 Å². The molecule has 1 aliphatic carbocycles. The van der Waals surface area contributed by atoms with E-state index in [9.17, 15) is 4.79 Å². The van der Waals surface area contributed by atoms with E-state index in [1.165, 1.54) is 32.1 Å². The van der Waals surface area contributed by atoms with Gasteiger partial charge in [-0.15, -0.1) is 0 Å². The quantitative estimate of drug-likeness (QED) is 0.651. The molecule has 1 unspecified atom stereocenters. The fraction of sp³-hybridized carbons (Fsp3) is 0.929. The molecule has 1 aliphatic rings. The standard InChI is InChI=1S/C14H28N2O2/c1-3-16-14(2,13(15)17)9-10-18-11-12-7-5-4-6-8-12/h12,16H,3-11H2,1-2H3,(H2,15,17). The van der Waals surface area contributed by atoms with Crippen molar-refractivity contribution >= 4 is 5.91 Å². The Morgan fingerprint density at radius 2 is 2.06 bits per heavy atom. The van der Waals surface area contributed by atoms with E-state index in [2.05, 4.69) is 5.32 Å². The van der Waals surface area contributed by atoms with Crippen LogP contribution in [0.5, 0.6) is 0 Å². The molecule has 4 heteroatoms. The van der Waals surface area contributed by atoms with Crippen molar-refractivity contribution in [1.82, 2.24) is 5.32 Å². The highest BCUT2D eigenvalue weighted by Crippen LogP contribution is 2.23. The summed E-state index contributed by atoms with van der Waals surface area (Å²) in [6, 6.07) is 0. The zero-order valence-corrected chi connectivity index (χ0v) is 11.8. The lowest BCUT2D eigenvalue weighted by Crippen LogP contribution is -2.53. The molecule has 4 nitrogen and oxygen atoms in total. The molecule has 0 aliphatic heterocycles. The first-order valence-electron chi connectivity index (χ1n) is 7.21. The van der Waals surface area contributed by atoms with Crippen molar-refractivity contribution in [2.75, 3.05) is 19.8 Å². The van der Waals surface area contributed by atoms with Gasteiger partial charge in [-0.1, -0.05) is 26.2 Å². The fourth-order valence-corrected chi connectivity index (χ4v) is 2.57. The number of ether oxygens (including phenoxy) is 1. The molecule has 18 heavy (non-hydrogen) atoms. The molecule has 0 radical (unpaired) electrons. The van der Waals surface area contributed by atoms with E-state index in [0.29, 0.717) is 13.0 Å². The van der Waals surface area contributed by atoms with Crippen molar-refractivity contribution in [1.29, 1.82) is 0 Å². The Balaban J connectivity index is 2.20. The lowest BCUT2D eigenvalue weighted by molar-refractivity contribution is -0.124. The van der Waals surface area contributed by atoms with Crippen molar-refractivity contribution in [3.8, 4) is 0 Å². The van der Waals surface area contributed by atoms with Crippen LogP contribution >= 0.6 is 0 Å². The minimum absolute atomic E-state index is 0.300. The first-order chi connectivity index (χ1) is 8.58. The van der Waals surface area contributed by atoms with Gasteiger partial charge in [-0.3, -0.25) is 4.79 Å². The monoisotopic (exact) mass is 256 g/mol. The predicted molar refractivity (Wildman–Crippen MR) is 73.3 cm³/mol. The molecule has 0 saturated heterocycles. The lowest BCUT2D eigenvalue weighted by Gasteiger charge is -2.27. The van der Waals surface area contributed by atoms with Gasteiger partial charge < -0.3 is 15.8 Å². The third-order valence-electron chi connectivity index (χ3n) is 3.94. The Morgan fingerprint density at radius 1 is 1.39 bits per heavy atom. The minimum atomic E-state index is -0.638. The van der Waals surface area contributed by atoms with E-state index in [1.807, 2.05) is 13.8 Å². The number of hydrogen-bond donors (Lipinski definition) is 2. The molecule has 1 saturated carbocycles. The van der Waals surface area contributed by atoms with Gasteiger partial charge in [0.1, 0.15) is 0 Å². The number of rotatable bonds is 8. The Kier molecular flexibility index (Phi) is 6.65. The largest absolute Gasteiger partial charge is 0.381 e. The summed E-state index contributed by atoms with van der Waals surface area (Å²) in [5.74, 6) is 0.420. The molecule has 106 valence electrons. The summed E-state index contributed by atoms with van der Waals surface area (Å²) in [6.07, 6.45) is 7.27. The molecular formula is C14H28N2O2. The van der Waals surface area contributed by atoms with Crippen LogP contribution < -0.4 is 11.1 Å². The van der Waals surface area contributed by atoms with Gasteiger partial charge in [-0.25, -0.2) is 0 Å². The molecule has 1 rings (SSSR count). The van der Waals surface area contributed by atoms with Gasteiger partial charge in [0, 0.05) is 13.2 Å². The van der Waals surface area contributed by atoms with Gasteiger partial charge in [-0.05, 0) is 38.6 Å². The number of nitrogens with one attached hydrogen (secondary N) is 1. The average Bonchev–Trinajstić information content (AvgIpc) is 2.36. The van der Waals surface area contributed by atoms with E-state index in [1.54, 1.807) is 0 Å². The molecule has 0 aromatic rings. The van der Waals surface area contributed by atoms with Crippen LogP contribution in [0.1, 0.15) is 52.4 Å². The van der Waals surface area contributed by atoms with Crippen LogP contribution in [0.3, 0.4) is 0 Å². The maximum absolute atomic E-state index is 11.4. The normalized spacial score (nSPS) is 20.6. The van der Waals surface area contributed by atoms with Crippen molar-refractivity contribution in [3.05, 3.63) is 0 Å². The second kappa shape index (κ2) is 7.74. The van der Waals surface area contributed by atoms with E-state index in [4.69, 9.17) is 10.5 Å². The highest BCUT2D eigenvalue weighted by molar-refractivity contribution is 5.84. The van der Waals surface area contributed by atoms with Gasteiger partial charge in [0.25, 0.3) is 0 Å². The SMILES string of the molecule is CCNC(C)(CCOCC1CCCCC1)C(N)=O. The molecular weight excluding hydrogens is 228 g/mol. The van der Waals surface area contributed by atoms with Gasteiger partial charge in [0.05, 0.1) is 5.54 Å². The van der Waals surface area contributed by atoms with Crippen LogP contribution in [-0.2, 0) is 9.53 Å². The summed E-state index contributed by atoms with van der Waals surface area (Å²) in [5, 5.41) is 3.14. The molecule has 0 aromatic heterocycles. The summed E-state index contributed by atoms with van der Waals surface area (Å²) >= 11 is 0. The van der Waals surface area contributed by atoms with E-state index in [-0.39, 0.29) is 5.91 Å². The van der Waals surface area contributed by atoms with Crippen LogP contribution in [0, 0.1) is 5.92 Å². The first-order valence-corrected chi connectivity index (χ1v) is 7.21. The van der Waals surface area contributed by atoms with Gasteiger partial charge in [-0.2, -0.15) is 0 Å². The number of nitrogens with two attached hydrogens (primary N) is 1. The van der Waals surface area contributed by atoms with E-state index in [0.717, 1.165) is 19.1 Å². The number of carbonyl (C=O) groups excluding carboxylic acids is 1. The zero-order chi connectivity index (χ0) is 13.4. The maximum Gasteiger partial charge on any atom is 0.237 e. The molecule has 0 aromatic carbocycles. The van der Waals surface area contributed by atoms with Crippen LogP contribution in [-0.4, -0.2) is 31.2 Å². The van der Waals surface area contributed by atoms with Crippen molar-refractivity contribution in [2.45, 2.75) is 57.9 Å². The van der Waals surface area contributed by atoms with Gasteiger partial charge in [0.15, 0.2) is 0 Å². The Labute approximate surface area is 111 Å². The molecule has 1 amide bonds. The summed E-state index contributed by atoms with van der Waals surface area (Å²) < 4.78 is 5.72. The average molecular weight is 256 g/mol. The third kappa shape index (κ3) is 4.94. The minimum Gasteiger partial charge on any atom is -0.381 e. The summed E-state index contributed by atoms with van der Waals surface area (Å²) in [7, 11) is 0. The summed E-state index contributed by atoms with van der Waals surface area (Å²) in [4.78, 5) is 11.4. The smallest absolute Gasteiger partial charge is 0.237 e. The summed E-state index contributed by atoms with van der Waals surface area (Å²) in [5.41, 5.74) is 4.79. The molecule has 3 N–H and O–H groups in total. The van der Waals surface area contributed by atoms with Gasteiger partial charge in [0.2, 0.25) is 5.91 Å². The number of hydrogen-bond acceptors (Lipinski definition) is 3. The first kappa shape index (κ1) is 15.4. The van der Waals surface area contributed by atoms with Crippen LogP contribution in [0.4, 0.5) is 0 Å². The van der Waals surface area contributed by atoms with E-state index >= 15 is 0 Å². The molecule has 1 fully saturated rings. The Bertz CT molecular complexity index is 252. The number of primary amides is 1. The highest BCUT2D eigenvalue weighted by atomic mass is 16.5. The molecule has 1 atom stereocenters. The van der Waals surface area contributed by atoms with Crippen LogP contribution in [0.25, 0.3) is 0 Å². The Hall–Kier alpha value is -0.610.